The smallest absolute Gasteiger partial charge is 0.293 e. The van der Waals surface area contributed by atoms with E-state index in [1.165, 1.54) is 29.6 Å². The number of thioether (sulfide) groups is 1. The lowest BCUT2D eigenvalue weighted by Gasteiger charge is -2.06. The second kappa shape index (κ2) is 10.6. The zero-order valence-electron chi connectivity index (χ0n) is 18.8. The number of carbonyl (C=O) groups is 2. The molecule has 4 rings (SSSR count). The molecule has 35 heavy (non-hydrogen) atoms. The highest BCUT2D eigenvalue weighted by atomic mass is 32.2. The number of hydrogen-bond acceptors (Lipinski definition) is 10. The predicted molar refractivity (Wildman–Crippen MR) is 130 cm³/mol. The van der Waals surface area contributed by atoms with Gasteiger partial charge in [-0.15, -0.1) is 16.9 Å². The lowest BCUT2D eigenvalue weighted by Crippen LogP contribution is -2.20. The van der Waals surface area contributed by atoms with Crippen molar-refractivity contribution >= 4 is 41.3 Å². The minimum Gasteiger partial charge on any atom is -0.378 e. The van der Waals surface area contributed by atoms with Crippen LogP contribution in [0.1, 0.15) is 34.2 Å². The standard InChI is InChI=1S/C22H21N9O3S/c1-13-3-9-17(10-4-13)35-12-18-19(26-30-31(18)21-20(23)28-34-29-21)22(33)27-24-11-15-5-7-16(8-6-15)25-14(2)32/h3-11H,12H2,1-2H3,(H2,23,28)(H,25,32)(H,27,33)/b24-11-. The topological polar surface area (TPSA) is 166 Å². The number of nitrogens with two attached hydrogens (primary N) is 1. The van der Waals surface area contributed by atoms with E-state index in [1.54, 1.807) is 24.3 Å². The molecule has 2 aromatic carbocycles. The fraction of sp³-hybridized carbons (Fsp3) is 0.136. The van der Waals surface area contributed by atoms with Crippen molar-refractivity contribution in [3.8, 4) is 5.82 Å². The summed E-state index contributed by atoms with van der Waals surface area (Å²) in [6.45, 7) is 3.44. The van der Waals surface area contributed by atoms with E-state index in [1.807, 2.05) is 31.2 Å². The number of nitrogen functional groups attached to an aromatic ring is 1. The number of hydrazone groups is 1. The average molecular weight is 492 g/mol. The van der Waals surface area contributed by atoms with E-state index < -0.39 is 5.91 Å². The molecule has 0 aliphatic rings. The molecular formula is C22H21N9O3S. The molecule has 13 heteroatoms. The van der Waals surface area contributed by atoms with Crippen LogP contribution < -0.4 is 16.5 Å². The van der Waals surface area contributed by atoms with Gasteiger partial charge in [-0.3, -0.25) is 9.59 Å². The van der Waals surface area contributed by atoms with Crippen molar-refractivity contribution in [2.45, 2.75) is 24.5 Å². The van der Waals surface area contributed by atoms with Crippen molar-refractivity contribution in [2.24, 2.45) is 5.10 Å². The van der Waals surface area contributed by atoms with E-state index in [9.17, 15) is 9.59 Å². The number of rotatable bonds is 8. The highest BCUT2D eigenvalue weighted by molar-refractivity contribution is 7.98. The molecule has 0 aliphatic heterocycles. The minimum absolute atomic E-state index is 0.0178. The first-order valence-electron chi connectivity index (χ1n) is 10.3. The van der Waals surface area contributed by atoms with Crippen molar-refractivity contribution in [3.05, 3.63) is 71.0 Å². The molecule has 0 spiro atoms. The molecule has 2 amide bonds. The fourth-order valence-corrected chi connectivity index (χ4v) is 3.87. The van der Waals surface area contributed by atoms with Crippen LogP contribution in [-0.4, -0.2) is 43.3 Å². The fourth-order valence-electron chi connectivity index (χ4n) is 2.98. The highest BCUT2D eigenvalue weighted by Gasteiger charge is 2.24. The van der Waals surface area contributed by atoms with Crippen LogP contribution in [0.2, 0.25) is 0 Å². The summed E-state index contributed by atoms with van der Waals surface area (Å²) in [5.74, 6) is -0.217. The third kappa shape index (κ3) is 5.89. The first-order valence-corrected chi connectivity index (χ1v) is 11.3. The summed E-state index contributed by atoms with van der Waals surface area (Å²) in [6, 6.07) is 14.9. The van der Waals surface area contributed by atoms with E-state index in [4.69, 9.17) is 5.73 Å². The van der Waals surface area contributed by atoms with Crippen LogP contribution >= 0.6 is 11.8 Å². The zero-order chi connectivity index (χ0) is 24.8. The molecule has 178 valence electrons. The SMILES string of the molecule is CC(=O)Nc1ccc(/C=N\NC(=O)c2nnn(-c3nonc3N)c2CSc2ccc(C)cc2)cc1. The molecule has 0 atom stereocenters. The number of aromatic nitrogens is 5. The van der Waals surface area contributed by atoms with E-state index in [0.717, 1.165) is 16.0 Å². The second-order valence-corrected chi connectivity index (χ2v) is 8.42. The number of hydrogen-bond donors (Lipinski definition) is 3. The molecule has 0 bridgehead atoms. The largest absolute Gasteiger partial charge is 0.378 e. The molecule has 0 unspecified atom stereocenters. The number of nitrogens with zero attached hydrogens (tertiary/aromatic N) is 6. The summed E-state index contributed by atoms with van der Waals surface area (Å²) in [5.41, 5.74) is 11.3. The van der Waals surface area contributed by atoms with Crippen LogP contribution in [0.15, 0.2) is 63.2 Å². The van der Waals surface area contributed by atoms with Gasteiger partial charge < -0.3 is 11.1 Å². The van der Waals surface area contributed by atoms with Crippen LogP contribution in [0, 0.1) is 6.92 Å². The maximum absolute atomic E-state index is 12.9. The van der Waals surface area contributed by atoms with Gasteiger partial charge in [-0.1, -0.05) is 35.0 Å². The average Bonchev–Trinajstić information content (AvgIpc) is 3.45. The number of amides is 2. The summed E-state index contributed by atoms with van der Waals surface area (Å²) in [4.78, 5) is 25.0. The first kappa shape index (κ1) is 23.6. The maximum atomic E-state index is 12.9. The molecule has 0 saturated carbocycles. The molecule has 12 nitrogen and oxygen atoms in total. The summed E-state index contributed by atoms with van der Waals surface area (Å²) in [6.07, 6.45) is 1.47. The molecule has 0 aliphatic carbocycles. The third-order valence-electron chi connectivity index (χ3n) is 4.68. The van der Waals surface area contributed by atoms with E-state index in [-0.39, 0.29) is 23.2 Å². The molecular weight excluding hydrogens is 470 g/mol. The van der Waals surface area contributed by atoms with Gasteiger partial charge in [-0.25, -0.2) is 10.1 Å². The Hall–Kier alpha value is -4.52. The van der Waals surface area contributed by atoms with Gasteiger partial charge in [0.15, 0.2) is 5.69 Å². The molecule has 4 aromatic rings. The van der Waals surface area contributed by atoms with Crippen molar-refractivity contribution in [1.82, 2.24) is 30.7 Å². The molecule has 2 heterocycles. The minimum atomic E-state index is -0.558. The van der Waals surface area contributed by atoms with E-state index >= 15 is 0 Å². The van der Waals surface area contributed by atoms with Gasteiger partial charge in [-0.05, 0) is 47.1 Å². The Morgan fingerprint density at radius 1 is 1.14 bits per heavy atom. The number of carbonyl (C=O) groups excluding carboxylic acids is 2. The van der Waals surface area contributed by atoms with Crippen LogP contribution in [-0.2, 0) is 10.5 Å². The van der Waals surface area contributed by atoms with Gasteiger partial charge in [0.05, 0.1) is 11.9 Å². The Labute approximate surface area is 203 Å². The lowest BCUT2D eigenvalue weighted by molar-refractivity contribution is -0.114. The van der Waals surface area contributed by atoms with E-state index in [2.05, 4.69) is 41.1 Å². The van der Waals surface area contributed by atoms with Crippen molar-refractivity contribution in [3.63, 3.8) is 0 Å². The number of nitrogens with one attached hydrogen (secondary N) is 2. The molecule has 0 fully saturated rings. The molecule has 0 radical (unpaired) electrons. The van der Waals surface area contributed by atoms with Gasteiger partial charge in [0.1, 0.15) is 0 Å². The Balaban J connectivity index is 1.51. The Morgan fingerprint density at radius 3 is 2.54 bits per heavy atom. The van der Waals surface area contributed by atoms with Crippen LogP contribution in [0.25, 0.3) is 5.82 Å². The Bertz CT molecular complexity index is 1360. The first-order chi connectivity index (χ1) is 16.9. The van der Waals surface area contributed by atoms with Crippen molar-refractivity contribution in [1.29, 1.82) is 0 Å². The monoisotopic (exact) mass is 491 g/mol. The van der Waals surface area contributed by atoms with Gasteiger partial charge in [0.2, 0.25) is 17.5 Å². The second-order valence-electron chi connectivity index (χ2n) is 7.37. The van der Waals surface area contributed by atoms with E-state index in [0.29, 0.717) is 17.1 Å². The number of aryl methyl sites for hydroxylation is 1. The zero-order valence-corrected chi connectivity index (χ0v) is 19.6. The Morgan fingerprint density at radius 2 is 1.89 bits per heavy atom. The maximum Gasteiger partial charge on any atom is 0.293 e. The summed E-state index contributed by atoms with van der Waals surface area (Å²) >= 11 is 1.49. The molecule has 0 saturated heterocycles. The number of benzene rings is 2. The highest BCUT2D eigenvalue weighted by Crippen LogP contribution is 2.26. The summed E-state index contributed by atoms with van der Waals surface area (Å²) in [5, 5.41) is 22.1. The lowest BCUT2D eigenvalue weighted by atomic mass is 10.2. The third-order valence-corrected chi connectivity index (χ3v) is 5.71. The quantitative estimate of drug-likeness (QED) is 0.191. The Kier molecular flexibility index (Phi) is 7.16. The van der Waals surface area contributed by atoms with Crippen molar-refractivity contribution < 1.29 is 14.2 Å². The molecule has 4 N–H and O–H groups in total. The molecule has 2 aromatic heterocycles. The van der Waals surface area contributed by atoms with Crippen LogP contribution in [0.5, 0.6) is 0 Å². The van der Waals surface area contributed by atoms with Gasteiger partial charge in [0.25, 0.3) is 5.91 Å². The van der Waals surface area contributed by atoms with Crippen molar-refractivity contribution in [2.75, 3.05) is 11.1 Å². The van der Waals surface area contributed by atoms with Crippen LogP contribution in [0.4, 0.5) is 11.5 Å². The van der Waals surface area contributed by atoms with Gasteiger partial charge in [-0.2, -0.15) is 9.78 Å². The summed E-state index contributed by atoms with van der Waals surface area (Å²) < 4.78 is 6.00. The predicted octanol–water partition coefficient (Wildman–Crippen LogP) is 2.56. The van der Waals surface area contributed by atoms with Gasteiger partial charge >= 0.3 is 0 Å². The normalized spacial score (nSPS) is 11.0. The van der Waals surface area contributed by atoms with Crippen LogP contribution in [0.3, 0.4) is 0 Å². The van der Waals surface area contributed by atoms with Gasteiger partial charge in [0, 0.05) is 23.3 Å². The number of anilines is 2. The summed E-state index contributed by atoms with van der Waals surface area (Å²) in [7, 11) is 0.